The van der Waals surface area contributed by atoms with Gasteiger partial charge >= 0.3 is 0 Å². The number of thiophene rings is 1. The highest BCUT2D eigenvalue weighted by atomic mass is 32.2. The lowest BCUT2D eigenvalue weighted by atomic mass is 10.1. The van der Waals surface area contributed by atoms with Crippen LogP contribution in [0.2, 0.25) is 0 Å². The van der Waals surface area contributed by atoms with E-state index in [2.05, 4.69) is 16.0 Å². The molecule has 0 aliphatic rings. The number of aliphatic hydroxyl groups is 1. The summed E-state index contributed by atoms with van der Waals surface area (Å²) < 4.78 is 2.44. The fourth-order valence-corrected chi connectivity index (χ4v) is 6.25. The van der Waals surface area contributed by atoms with E-state index in [1.165, 1.54) is 39.0 Å². The van der Waals surface area contributed by atoms with E-state index in [0.29, 0.717) is 20.4 Å². The molecular formula is C24H16N4O2S3. The van der Waals surface area contributed by atoms with Crippen LogP contribution in [0.15, 0.2) is 75.7 Å². The van der Waals surface area contributed by atoms with Crippen LogP contribution in [0.3, 0.4) is 0 Å². The van der Waals surface area contributed by atoms with Crippen molar-refractivity contribution in [3.63, 3.8) is 0 Å². The van der Waals surface area contributed by atoms with Crippen LogP contribution in [0.25, 0.3) is 37.1 Å². The normalized spacial score (nSPS) is 12.1. The second-order valence-corrected chi connectivity index (χ2v) is 9.99. The Kier molecular flexibility index (Phi) is 5.72. The third-order valence-corrected chi connectivity index (χ3v) is 8.07. The van der Waals surface area contributed by atoms with Crippen LogP contribution in [-0.4, -0.2) is 25.4 Å². The zero-order valence-electron chi connectivity index (χ0n) is 17.3. The molecule has 3 aromatic heterocycles. The molecule has 9 heteroatoms. The first-order chi connectivity index (χ1) is 16.1. The van der Waals surface area contributed by atoms with Gasteiger partial charge in [-0.1, -0.05) is 54.2 Å². The molecule has 0 saturated carbocycles. The van der Waals surface area contributed by atoms with Gasteiger partial charge in [-0.15, -0.1) is 22.7 Å². The second-order valence-electron chi connectivity index (χ2n) is 7.16. The molecule has 5 rings (SSSR count). The molecule has 0 amide bonds. The molecule has 0 aliphatic heterocycles. The van der Waals surface area contributed by atoms with E-state index in [0.717, 1.165) is 21.3 Å². The lowest BCUT2D eigenvalue weighted by Crippen LogP contribution is -2.19. The summed E-state index contributed by atoms with van der Waals surface area (Å²) in [6.45, 7) is 0. The maximum absolute atomic E-state index is 13.1. The summed E-state index contributed by atoms with van der Waals surface area (Å²) in [5.41, 5.74) is 2.62. The molecular weight excluding hydrogens is 472 g/mol. The number of thioether (sulfide) groups is 1. The van der Waals surface area contributed by atoms with Gasteiger partial charge in [-0.3, -0.25) is 9.36 Å². The quantitative estimate of drug-likeness (QED) is 0.144. The molecule has 162 valence electrons. The molecule has 0 radical (unpaired) electrons. The van der Waals surface area contributed by atoms with Gasteiger partial charge in [0.1, 0.15) is 27.2 Å². The maximum Gasteiger partial charge on any atom is 0.263 e. The standard InChI is InChI=1S/C24H16N4O2S3/c1-28-23(30)20-16(14-7-3-2-4-8-14)12-31-22(20)27-24(28)32-13-18(29)15(11-25)21-26-17-9-5-6-10-19(17)33-21/h2-10,12,29H,13H2,1H3/b18-15-. The van der Waals surface area contributed by atoms with E-state index in [4.69, 9.17) is 0 Å². The Hall–Kier alpha value is -3.45. The molecule has 5 aromatic rings. The molecule has 2 aromatic carbocycles. The number of fused-ring (bicyclic) bond motifs is 2. The molecule has 1 N–H and O–H groups in total. The van der Waals surface area contributed by atoms with E-state index in [1.54, 1.807) is 7.05 Å². The Morgan fingerprint density at radius 2 is 1.91 bits per heavy atom. The highest BCUT2D eigenvalue weighted by Crippen LogP contribution is 2.33. The summed E-state index contributed by atoms with van der Waals surface area (Å²) in [5.74, 6) is 0.00804. The van der Waals surface area contributed by atoms with Gasteiger partial charge in [-0.2, -0.15) is 5.26 Å². The second kappa shape index (κ2) is 8.83. The fraction of sp³-hybridized carbons (Fsp3) is 0.0833. The van der Waals surface area contributed by atoms with Crippen LogP contribution in [0, 0.1) is 11.3 Å². The molecule has 0 saturated heterocycles. The average Bonchev–Trinajstić information content (AvgIpc) is 3.46. The number of rotatable bonds is 5. The van der Waals surface area contributed by atoms with Crippen LogP contribution in [0.1, 0.15) is 5.01 Å². The van der Waals surface area contributed by atoms with Crippen molar-refractivity contribution in [3.8, 4) is 17.2 Å². The summed E-state index contributed by atoms with van der Waals surface area (Å²) in [4.78, 5) is 22.9. The van der Waals surface area contributed by atoms with Crippen molar-refractivity contribution in [2.75, 3.05) is 5.75 Å². The Morgan fingerprint density at radius 1 is 1.15 bits per heavy atom. The van der Waals surface area contributed by atoms with Gasteiger partial charge in [0.25, 0.3) is 5.56 Å². The predicted octanol–water partition coefficient (Wildman–Crippen LogP) is 5.86. The topological polar surface area (TPSA) is 91.8 Å². The van der Waals surface area contributed by atoms with Crippen LogP contribution in [0.4, 0.5) is 0 Å². The highest BCUT2D eigenvalue weighted by Gasteiger charge is 2.18. The minimum Gasteiger partial charge on any atom is -0.510 e. The van der Waals surface area contributed by atoms with Crippen LogP contribution >= 0.6 is 34.4 Å². The number of nitrogens with zero attached hydrogens (tertiary/aromatic N) is 4. The first-order valence-corrected chi connectivity index (χ1v) is 12.6. The molecule has 0 unspecified atom stereocenters. The first kappa shape index (κ1) is 21.4. The number of hydrogen-bond donors (Lipinski definition) is 1. The van der Waals surface area contributed by atoms with E-state index >= 15 is 0 Å². The Morgan fingerprint density at radius 3 is 2.67 bits per heavy atom. The van der Waals surface area contributed by atoms with E-state index in [9.17, 15) is 15.2 Å². The Labute approximate surface area is 201 Å². The van der Waals surface area contributed by atoms with Crippen molar-refractivity contribution in [2.45, 2.75) is 5.16 Å². The first-order valence-electron chi connectivity index (χ1n) is 9.91. The number of para-hydroxylation sites is 1. The average molecular weight is 489 g/mol. The van der Waals surface area contributed by atoms with Crippen LogP contribution in [-0.2, 0) is 7.05 Å². The van der Waals surface area contributed by atoms with Crippen molar-refractivity contribution in [2.24, 2.45) is 7.05 Å². The highest BCUT2D eigenvalue weighted by molar-refractivity contribution is 7.99. The molecule has 0 aliphatic carbocycles. The fourth-order valence-electron chi connectivity index (χ4n) is 3.43. The molecule has 0 fully saturated rings. The van der Waals surface area contributed by atoms with Gasteiger partial charge in [-0.25, -0.2) is 9.97 Å². The molecule has 0 bridgehead atoms. The monoisotopic (exact) mass is 488 g/mol. The van der Waals surface area contributed by atoms with Gasteiger partial charge in [0.2, 0.25) is 0 Å². The number of allylic oxidation sites excluding steroid dienone is 1. The lowest BCUT2D eigenvalue weighted by molar-refractivity contribution is 0.420. The zero-order valence-corrected chi connectivity index (χ0v) is 19.8. The van der Waals surface area contributed by atoms with Gasteiger partial charge in [0.05, 0.1) is 21.4 Å². The van der Waals surface area contributed by atoms with E-state index in [-0.39, 0.29) is 22.6 Å². The number of nitriles is 1. The van der Waals surface area contributed by atoms with Gasteiger partial charge in [-0.05, 0) is 17.7 Å². The van der Waals surface area contributed by atoms with Crippen molar-refractivity contribution in [1.29, 1.82) is 5.26 Å². The maximum atomic E-state index is 13.1. The SMILES string of the molecule is Cn1c(SC/C(O)=C(\C#N)c2nc3ccccc3s2)nc2scc(-c3ccccc3)c2c1=O. The number of hydrogen-bond acceptors (Lipinski definition) is 8. The van der Waals surface area contributed by atoms with Gasteiger partial charge in [0.15, 0.2) is 5.16 Å². The summed E-state index contributed by atoms with van der Waals surface area (Å²) in [6, 6.07) is 19.4. The van der Waals surface area contributed by atoms with Crippen molar-refractivity contribution >= 4 is 60.4 Å². The molecule has 3 heterocycles. The summed E-state index contributed by atoms with van der Waals surface area (Å²) in [7, 11) is 1.67. The third-order valence-electron chi connectivity index (χ3n) is 5.11. The largest absolute Gasteiger partial charge is 0.510 e. The van der Waals surface area contributed by atoms with Crippen LogP contribution < -0.4 is 5.56 Å². The van der Waals surface area contributed by atoms with Gasteiger partial charge < -0.3 is 5.11 Å². The molecule has 33 heavy (non-hydrogen) atoms. The van der Waals surface area contributed by atoms with Crippen molar-refractivity contribution in [3.05, 3.63) is 81.1 Å². The number of aliphatic hydroxyl groups excluding tert-OH is 1. The summed E-state index contributed by atoms with van der Waals surface area (Å²) >= 11 is 3.99. The smallest absolute Gasteiger partial charge is 0.263 e. The van der Waals surface area contributed by atoms with Crippen molar-refractivity contribution in [1.82, 2.24) is 14.5 Å². The number of benzene rings is 2. The lowest BCUT2D eigenvalue weighted by Gasteiger charge is -2.08. The van der Waals surface area contributed by atoms with Gasteiger partial charge in [0, 0.05) is 18.0 Å². The Balaban J connectivity index is 1.47. The number of aromatic nitrogens is 3. The molecule has 0 spiro atoms. The zero-order chi connectivity index (χ0) is 22.9. The van der Waals surface area contributed by atoms with Crippen LogP contribution in [0.5, 0.6) is 0 Å². The van der Waals surface area contributed by atoms with E-state index in [1.807, 2.05) is 60.0 Å². The minimum absolute atomic E-state index is 0.0907. The number of thiazole rings is 1. The van der Waals surface area contributed by atoms with Crippen molar-refractivity contribution < 1.29 is 5.11 Å². The third kappa shape index (κ3) is 3.93. The summed E-state index contributed by atoms with van der Waals surface area (Å²) in [5, 5.41) is 23.8. The predicted molar refractivity (Wildman–Crippen MR) is 136 cm³/mol. The van der Waals surface area contributed by atoms with E-state index < -0.39 is 0 Å². The Bertz CT molecular complexity index is 1590. The molecule has 6 nitrogen and oxygen atoms in total. The minimum atomic E-state index is -0.141. The molecule has 0 atom stereocenters. The summed E-state index contributed by atoms with van der Waals surface area (Å²) in [6.07, 6.45) is 0.